The van der Waals surface area contributed by atoms with E-state index in [1.165, 1.54) is 0 Å². The number of alkyl carbamates (subject to hydrolysis) is 1. The van der Waals surface area contributed by atoms with E-state index >= 15 is 0 Å². The number of rotatable bonds is 4. The highest BCUT2D eigenvalue weighted by Crippen LogP contribution is 2.28. The monoisotopic (exact) mass is 265 g/mol. The molecule has 106 valence electrons. The molecule has 4 nitrogen and oxygen atoms in total. The van der Waals surface area contributed by atoms with Gasteiger partial charge in [0.2, 0.25) is 0 Å². The minimum absolute atomic E-state index is 0.157. The summed E-state index contributed by atoms with van der Waals surface area (Å²) in [5.74, 6) is 0. The number of aliphatic hydroxyl groups is 1. The zero-order valence-electron chi connectivity index (χ0n) is 12.1. The van der Waals surface area contributed by atoms with E-state index in [1.54, 1.807) is 6.92 Å². The molecule has 0 saturated heterocycles. The lowest BCUT2D eigenvalue weighted by Crippen LogP contribution is -2.49. The SMILES string of the molecule is CC(C)(C)C(C)(O)CNC(=O)OCc1ccccc1. The van der Waals surface area contributed by atoms with Gasteiger partial charge in [-0.25, -0.2) is 4.79 Å². The highest BCUT2D eigenvalue weighted by atomic mass is 16.5. The van der Waals surface area contributed by atoms with Crippen LogP contribution in [0.1, 0.15) is 33.3 Å². The minimum Gasteiger partial charge on any atom is -0.445 e. The van der Waals surface area contributed by atoms with Gasteiger partial charge in [0, 0.05) is 6.54 Å². The Balaban J connectivity index is 2.37. The molecule has 0 fully saturated rings. The summed E-state index contributed by atoms with van der Waals surface area (Å²) < 4.78 is 5.07. The fourth-order valence-electron chi connectivity index (χ4n) is 1.28. The Hall–Kier alpha value is -1.55. The standard InChI is InChI=1S/C15H23NO3/c1-14(2,3)15(4,18)11-16-13(17)19-10-12-8-6-5-7-9-12/h5-9,18H,10-11H2,1-4H3,(H,16,17). The molecule has 0 heterocycles. The lowest BCUT2D eigenvalue weighted by Gasteiger charge is -2.36. The molecule has 0 spiro atoms. The van der Waals surface area contributed by atoms with Crippen LogP contribution >= 0.6 is 0 Å². The van der Waals surface area contributed by atoms with Crippen molar-refractivity contribution in [2.24, 2.45) is 5.41 Å². The molecule has 0 saturated carbocycles. The van der Waals surface area contributed by atoms with E-state index in [0.717, 1.165) is 5.56 Å². The summed E-state index contributed by atoms with van der Waals surface area (Å²) in [5, 5.41) is 12.8. The number of nitrogens with one attached hydrogen (secondary N) is 1. The normalized spacial score (nSPS) is 14.6. The van der Waals surface area contributed by atoms with E-state index in [0.29, 0.717) is 0 Å². The summed E-state index contributed by atoms with van der Waals surface area (Å²) in [7, 11) is 0. The summed E-state index contributed by atoms with van der Waals surface area (Å²) in [5.41, 5.74) is -0.376. The van der Waals surface area contributed by atoms with Gasteiger partial charge >= 0.3 is 6.09 Å². The molecule has 0 radical (unpaired) electrons. The Morgan fingerprint density at radius 1 is 1.21 bits per heavy atom. The van der Waals surface area contributed by atoms with E-state index in [-0.39, 0.29) is 18.6 Å². The third kappa shape index (κ3) is 4.91. The smallest absolute Gasteiger partial charge is 0.407 e. The van der Waals surface area contributed by atoms with Gasteiger partial charge in [0.1, 0.15) is 6.61 Å². The first-order chi connectivity index (χ1) is 8.72. The van der Waals surface area contributed by atoms with Gasteiger partial charge in [-0.2, -0.15) is 0 Å². The van der Waals surface area contributed by atoms with Crippen molar-refractivity contribution in [3.63, 3.8) is 0 Å². The minimum atomic E-state index is -0.987. The largest absolute Gasteiger partial charge is 0.445 e. The molecule has 4 heteroatoms. The van der Waals surface area contributed by atoms with Crippen molar-refractivity contribution in [2.75, 3.05) is 6.54 Å². The summed E-state index contributed by atoms with van der Waals surface area (Å²) in [6.45, 7) is 7.84. The second-order valence-electron chi connectivity index (χ2n) is 5.94. The Morgan fingerprint density at radius 3 is 2.32 bits per heavy atom. The molecule has 0 bridgehead atoms. The topological polar surface area (TPSA) is 58.6 Å². The molecular weight excluding hydrogens is 242 g/mol. The first kappa shape index (κ1) is 15.5. The van der Waals surface area contributed by atoms with Crippen LogP contribution in [-0.2, 0) is 11.3 Å². The molecule has 0 aromatic heterocycles. The van der Waals surface area contributed by atoms with E-state index in [1.807, 2.05) is 51.1 Å². The molecule has 1 unspecified atom stereocenters. The Kier molecular flexibility index (Phi) is 4.95. The lowest BCUT2D eigenvalue weighted by molar-refractivity contribution is -0.0391. The van der Waals surface area contributed by atoms with E-state index < -0.39 is 11.7 Å². The third-order valence-electron chi connectivity index (χ3n) is 3.41. The summed E-state index contributed by atoms with van der Waals surface area (Å²) in [6.07, 6.45) is -0.520. The number of hydrogen-bond donors (Lipinski definition) is 2. The van der Waals surface area contributed by atoms with E-state index in [4.69, 9.17) is 4.74 Å². The Morgan fingerprint density at radius 2 is 1.79 bits per heavy atom. The van der Waals surface area contributed by atoms with Crippen molar-refractivity contribution in [1.29, 1.82) is 0 Å². The number of hydrogen-bond acceptors (Lipinski definition) is 3. The fraction of sp³-hybridized carbons (Fsp3) is 0.533. The molecule has 1 atom stereocenters. The second kappa shape index (κ2) is 6.06. The first-order valence-corrected chi connectivity index (χ1v) is 6.39. The first-order valence-electron chi connectivity index (χ1n) is 6.39. The Labute approximate surface area is 114 Å². The van der Waals surface area contributed by atoms with Crippen molar-refractivity contribution < 1.29 is 14.6 Å². The molecule has 2 N–H and O–H groups in total. The number of carbonyl (C=O) groups excluding carboxylic acids is 1. The van der Waals surface area contributed by atoms with Crippen LogP contribution in [0.2, 0.25) is 0 Å². The molecule has 1 aromatic carbocycles. The molecule has 0 aliphatic heterocycles. The number of amides is 1. The van der Waals surface area contributed by atoms with Crippen LogP contribution in [0.5, 0.6) is 0 Å². The number of ether oxygens (including phenoxy) is 1. The van der Waals surface area contributed by atoms with Crippen LogP contribution in [0.15, 0.2) is 30.3 Å². The van der Waals surface area contributed by atoms with Crippen LogP contribution in [0.4, 0.5) is 4.79 Å². The van der Waals surface area contributed by atoms with Crippen molar-refractivity contribution in [3.05, 3.63) is 35.9 Å². The van der Waals surface area contributed by atoms with Crippen molar-refractivity contribution in [2.45, 2.75) is 39.9 Å². The number of carbonyl (C=O) groups is 1. The summed E-state index contributed by atoms with van der Waals surface area (Å²) in [4.78, 5) is 11.5. The summed E-state index contributed by atoms with van der Waals surface area (Å²) in [6, 6.07) is 9.46. The quantitative estimate of drug-likeness (QED) is 0.880. The van der Waals surface area contributed by atoms with Gasteiger partial charge in [-0.05, 0) is 17.9 Å². The molecular formula is C15H23NO3. The molecule has 1 aromatic rings. The maximum Gasteiger partial charge on any atom is 0.407 e. The van der Waals surface area contributed by atoms with E-state index in [9.17, 15) is 9.90 Å². The van der Waals surface area contributed by atoms with Crippen LogP contribution in [0, 0.1) is 5.41 Å². The average Bonchev–Trinajstić information content (AvgIpc) is 2.34. The third-order valence-corrected chi connectivity index (χ3v) is 3.41. The molecule has 0 aliphatic rings. The van der Waals surface area contributed by atoms with Crippen LogP contribution in [0.3, 0.4) is 0 Å². The molecule has 19 heavy (non-hydrogen) atoms. The average molecular weight is 265 g/mol. The van der Waals surface area contributed by atoms with Gasteiger partial charge in [-0.1, -0.05) is 51.1 Å². The second-order valence-corrected chi connectivity index (χ2v) is 5.94. The zero-order chi connectivity index (χ0) is 14.5. The van der Waals surface area contributed by atoms with Crippen LogP contribution in [0.25, 0.3) is 0 Å². The van der Waals surface area contributed by atoms with Crippen molar-refractivity contribution in [3.8, 4) is 0 Å². The van der Waals surface area contributed by atoms with E-state index in [2.05, 4.69) is 5.32 Å². The van der Waals surface area contributed by atoms with Gasteiger partial charge in [-0.3, -0.25) is 0 Å². The maximum absolute atomic E-state index is 11.5. The number of benzene rings is 1. The van der Waals surface area contributed by atoms with Crippen molar-refractivity contribution >= 4 is 6.09 Å². The fourth-order valence-corrected chi connectivity index (χ4v) is 1.28. The zero-order valence-corrected chi connectivity index (χ0v) is 12.1. The summed E-state index contributed by atoms with van der Waals surface area (Å²) >= 11 is 0. The highest BCUT2D eigenvalue weighted by molar-refractivity contribution is 5.67. The van der Waals surface area contributed by atoms with Crippen LogP contribution < -0.4 is 5.32 Å². The Bertz CT molecular complexity index is 407. The molecule has 1 amide bonds. The molecule has 0 aliphatic carbocycles. The van der Waals surface area contributed by atoms with Crippen LogP contribution in [-0.4, -0.2) is 23.3 Å². The predicted molar refractivity (Wildman–Crippen MR) is 74.7 cm³/mol. The maximum atomic E-state index is 11.5. The van der Waals surface area contributed by atoms with Crippen molar-refractivity contribution in [1.82, 2.24) is 5.32 Å². The lowest BCUT2D eigenvalue weighted by atomic mass is 9.78. The van der Waals surface area contributed by atoms with Gasteiger partial charge in [-0.15, -0.1) is 0 Å². The predicted octanol–water partition coefficient (Wildman–Crippen LogP) is 2.71. The highest BCUT2D eigenvalue weighted by Gasteiger charge is 2.35. The van der Waals surface area contributed by atoms with Gasteiger partial charge in [0.15, 0.2) is 0 Å². The van der Waals surface area contributed by atoms with Gasteiger partial charge in [0.25, 0.3) is 0 Å². The van der Waals surface area contributed by atoms with Gasteiger partial charge < -0.3 is 15.2 Å². The molecule has 1 rings (SSSR count). The van der Waals surface area contributed by atoms with Gasteiger partial charge in [0.05, 0.1) is 5.60 Å².